The van der Waals surface area contributed by atoms with Gasteiger partial charge in [0.05, 0.1) is 11.6 Å². The van der Waals surface area contributed by atoms with Crippen molar-refractivity contribution in [3.8, 4) is 6.07 Å². The van der Waals surface area contributed by atoms with Gasteiger partial charge in [-0.2, -0.15) is 5.26 Å². The molecule has 1 aliphatic carbocycles. The Bertz CT molecular complexity index is 1640. The van der Waals surface area contributed by atoms with Crippen LogP contribution in [0.2, 0.25) is 0 Å². The minimum atomic E-state index is -0.0384. The van der Waals surface area contributed by atoms with Crippen LogP contribution in [-0.4, -0.2) is 0 Å². The van der Waals surface area contributed by atoms with Crippen LogP contribution in [0.1, 0.15) is 39.3 Å². The summed E-state index contributed by atoms with van der Waals surface area (Å²) in [5.41, 5.74) is 11.2. The number of hydrogen-bond donors (Lipinski definition) is 0. The highest BCUT2D eigenvalue weighted by atomic mass is 14.4. The van der Waals surface area contributed by atoms with Gasteiger partial charge in [0.1, 0.15) is 0 Å². The van der Waals surface area contributed by atoms with Gasteiger partial charge < -0.3 is 0 Å². The molecule has 1 nitrogen and oxygen atoms in total. The smallest absolute Gasteiger partial charge is 0.0998 e. The summed E-state index contributed by atoms with van der Waals surface area (Å²) in [7, 11) is 0. The lowest BCUT2D eigenvalue weighted by molar-refractivity contribution is 1.14. The summed E-state index contributed by atoms with van der Waals surface area (Å²) >= 11 is 0. The molecule has 0 saturated heterocycles. The van der Waals surface area contributed by atoms with Crippen molar-refractivity contribution in [2.45, 2.75) is 5.92 Å². The number of nitrogens with zero attached hydrogens (tertiary/aromatic N) is 1. The SMILES string of the molecule is N#Cc1ccccc1C1=C(c2ccccc2)C(c2ccccc2)=C(c2ccccc2)C1c1ccccc1. The van der Waals surface area contributed by atoms with Crippen LogP contribution < -0.4 is 0 Å². The highest BCUT2D eigenvalue weighted by molar-refractivity contribution is 6.30. The second-order valence-corrected chi connectivity index (χ2v) is 9.18. The van der Waals surface area contributed by atoms with Crippen LogP contribution in [0.15, 0.2) is 146 Å². The van der Waals surface area contributed by atoms with Crippen molar-refractivity contribution < 1.29 is 0 Å². The monoisotopic (exact) mass is 471 g/mol. The van der Waals surface area contributed by atoms with E-state index in [1.165, 1.54) is 39.0 Å². The Labute approximate surface area is 218 Å². The number of allylic oxidation sites excluding steroid dienone is 4. The predicted octanol–water partition coefficient (Wildman–Crippen LogP) is 8.88. The van der Waals surface area contributed by atoms with Gasteiger partial charge in [0, 0.05) is 5.92 Å². The molecule has 1 atom stereocenters. The minimum Gasteiger partial charge on any atom is -0.192 e. The summed E-state index contributed by atoms with van der Waals surface area (Å²) in [6.45, 7) is 0. The average Bonchev–Trinajstić information content (AvgIpc) is 3.35. The van der Waals surface area contributed by atoms with Gasteiger partial charge in [-0.25, -0.2) is 0 Å². The molecule has 0 aromatic heterocycles. The molecule has 1 heteroatoms. The lowest BCUT2D eigenvalue weighted by Gasteiger charge is -2.22. The van der Waals surface area contributed by atoms with Gasteiger partial charge in [-0.1, -0.05) is 140 Å². The van der Waals surface area contributed by atoms with Crippen LogP contribution >= 0.6 is 0 Å². The first-order chi connectivity index (χ1) is 18.4. The molecule has 0 spiro atoms. The van der Waals surface area contributed by atoms with Crippen molar-refractivity contribution in [2.75, 3.05) is 0 Å². The van der Waals surface area contributed by atoms with Crippen molar-refractivity contribution in [3.63, 3.8) is 0 Å². The highest BCUT2D eigenvalue weighted by Crippen LogP contribution is 2.58. The molecule has 0 heterocycles. The first kappa shape index (κ1) is 22.5. The molecule has 5 aromatic carbocycles. The molecule has 0 amide bonds. The first-order valence-corrected chi connectivity index (χ1v) is 12.6. The van der Waals surface area contributed by atoms with Crippen LogP contribution in [0.4, 0.5) is 0 Å². The van der Waals surface area contributed by atoms with Gasteiger partial charge in [0.15, 0.2) is 0 Å². The molecule has 0 fully saturated rings. The van der Waals surface area contributed by atoms with E-state index >= 15 is 0 Å². The summed E-state index contributed by atoms with van der Waals surface area (Å²) in [5.74, 6) is -0.0384. The second kappa shape index (κ2) is 9.97. The number of benzene rings is 5. The summed E-state index contributed by atoms with van der Waals surface area (Å²) in [6, 6.07) is 53.1. The predicted molar refractivity (Wildman–Crippen MR) is 153 cm³/mol. The fraction of sp³-hybridized carbons (Fsp3) is 0.0278. The number of hydrogen-bond acceptors (Lipinski definition) is 1. The standard InChI is InChI=1S/C36H25N/c37-25-30-23-13-14-24-31(30)36-34(28-19-9-3-10-20-28)32(26-15-5-1-6-16-26)33(27-17-7-2-8-18-27)35(36)29-21-11-4-12-22-29/h1-24,34H. The molecule has 174 valence electrons. The maximum atomic E-state index is 10.2. The Balaban J connectivity index is 1.80. The topological polar surface area (TPSA) is 23.8 Å². The third-order valence-electron chi connectivity index (χ3n) is 7.05. The fourth-order valence-electron chi connectivity index (χ4n) is 5.52. The maximum Gasteiger partial charge on any atom is 0.0998 e. The van der Waals surface area contributed by atoms with Gasteiger partial charge >= 0.3 is 0 Å². The number of rotatable bonds is 5. The minimum absolute atomic E-state index is 0.0384. The second-order valence-electron chi connectivity index (χ2n) is 9.18. The van der Waals surface area contributed by atoms with Crippen molar-refractivity contribution in [3.05, 3.63) is 179 Å². The van der Waals surface area contributed by atoms with Crippen molar-refractivity contribution in [1.29, 1.82) is 5.26 Å². The normalized spacial score (nSPS) is 15.1. The van der Waals surface area contributed by atoms with E-state index in [4.69, 9.17) is 0 Å². The number of nitriles is 1. The molecular formula is C36H25N. The fourth-order valence-corrected chi connectivity index (χ4v) is 5.52. The molecule has 1 unspecified atom stereocenters. The van der Waals surface area contributed by atoms with Crippen molar-refractivity contribution in [2.24, 2.45) is 0 Å². The molecule has 0 saturated carbocycles. The Morgan fingerprint density at radius 3 is 1.41 bits per heavy atom. The Morgan fingerprint density at radius 2 is 0.865 bits per heavy atom. The van der Waals surface area contributed by atoms with Gasteiger partial charge in [-0.05, 0) is 56.2 Å². The Morgan fingerprint density at radius 1 is 0.432 bits per heavy atom. The average molecular weight is 472 g/mol. The molecular weight excluding hydrogens is 446 g/mol. The quantitative estimate of drug-likeness (QED) is 0.251. The molecule has 37 heavy (non-hydrogen) atoms. The van der Waals surface area contributed by atoms with Crippen LogP contribution in [0, 0.1) is 11.3 Å². The van der Waals surface area contributed by atoms with E-state index in [-0.39, 0.29) is 5.92 Å². The largest absolute Gasteiger partial charge is 0.192 e. The summed E-state index contributed by atoms with van der Waals surface area (Å²) in [4.78, 5) is 0. The van der Waals surface area contributed by atoms with Crippen LogP contribution in [0.5, 0.6) is 0 Å². The van der Waals surface area contributed by atoms with Crippen LogP contribution in [-0.2, 0) is 0 Å². The van der Waals surface area contributed by atoms with E-state index in [1.54, 1.807) is 0 Å². The molecule has 6 rings (SSSR count). The molecule has 0 aliphatic heterocycles. The van der Waals surface area contributed by atoms with E-state index in [0.29, 0.717) is 5.56 Å². The molecule has 1 aliphatic rings. The summed E-state index contributed by atoms with van der Waals surface area (Å²) in [5, 5.41) is 10.2. The zero-order chi connectivity index (χ0) is 25.0. The highest BCUT2D eigenvalue weighted by Gasteiger charge is 2.38. The first-order valence-electron chi connectivity index (χ1n) is 12.6. The van der Waals surface area contributed by atoms with E-state index in [1.807, 2.05) is 18.2 Å². The molecule has 0 bridgehead atoms. The third-order valence-corrected chi connectivity index (χ3v) is 7.05. The van der Waals surface area contributed by atoms with Crippen LogP contribution in [0.25, 0.3) is 22.3 Å². The molecule has 0 radical (unpaired) electrons. The molecule has 5 aromatic rings. The van der Waals surface area contributed by atoms with Gasteiger partial charge in [0.25, 0.3) is 0 Å². The molecule has 0 N–H and O–H groups in total. The van der Waals surface area contributed by atoms with Crippen molar-refractivity contribution >= 4 is 22.3 Å². The lowest BCUT2D eigenvalue weighted by atomic mass is 9.80. The Hall–Kier alpha value is -4.93. The van der Waals surface area contributed by atoms with Gasteiger partial charge in [-0.15, -0.1) is 0 Å². The van der Waals surface area contributed by atoms with E-state index in [9.17, 15) is 5.26 Å². The zero-order valence-corrected chi connectivity index (χ0v) is 20.4. The van der Waals surface area contributed by atoms with E-state index < -0.39 is 0 Å². The van der Waals surface area contributed by atoms with Crippen molar-refractivity contribution in [1.82, 2.24) is 0 Å². The van der Waals surface area contributed by atoms with Gasteiger partial charge in [-0.3, -0.25) is 0 Å². The zero-order valence-electron chi connectivity index (χ0n) is 20.4. The summed E-state index contributed by atoms with van der Waals surface area (Å²) in [6.07, 6.45) is 0. The van der Waals surface area contributed by atoms with E-state index in [0.717, 1.165) is 11.1 Å². The summed E-state index contributed by atoms with van der Waals surface area (Å²) < 4.78 is 0. The van der Waals surface area contributed by atoms with E-state index in [2.05, 4.69) is 133 Å². The Kier molecular flexibility index (Phi) is 6.07. The maximum absolute atomic E-state index is 10.2. The lowest BCUT2D eigenvalue weighted by Crippen LogP contribution is -2.04. The third kappa shape index (κ3) is 4.10. The van der Waals surface area contributed by atoms with Crippen LogP contribution in [0.3, 0.4) is 0 Å². The van der Waals surface area contributed by atoms with Gasteiger partial charge in [0.2, 0.25) is 0 Å².